The highest BCUT2D eigenvalue weighted by atomic mass is 35.5. The van der Waals surface area contributed by atoms with E-state index in [1.807, 2.05) is 0 Å². The van der Waals surface area contributed by atoms with Crippen molar-refractivity contribution in [3.05, 3.63) is 63.0 Å². The molecule has 1 saturated heterocycles. The van der Waals surface area contributed by atoms with E-state index < -0.39 is 0 Å². The van der Waals surface area contributed by atoms with E-state index in [4.69, 9.17) is 23.2 Å². The zero-order valence-corrected chi connectivity index (χ0v) is 14.9. The van der Waals surface area contributed by atoms with Crippen LogP contribution in [-0.2, 0) is 4.79 Å². The Balaban J connectivity index is 1.89. The quantitative estimate of drug-likeness (QED) is 0.753. The van der Waals surface area contributed by atoms with Gasteiger partial charge in [-0.1, -0.05) is 29.3 Å². The predicted molar refractivity (Wildman–Crippen MR) is 100 cm³/mol. The Bertz CT molecular complexity index is 863. The molecule has 4 nitrogen and oxygen atoms in total. The van der Waals surface area contributed by atoms with Crippen LogP contribution >= 0.6 is 35.0 Å². The van der Waals surface area contributed by atoms with Gasteiger partial charge >= 0.3 is 0 Å². The molecule has 24 heavy (non-hydrogen) atoms. The van der Waals surface area contributed by atoms with E-state index in [0.29, 0.717) is 15.1 Å². The van der Waals surface area contributed by atoms with Crippen molar-refractivity contribution >= 4 is 57.8 Å². The van der Waals surface area contributed by atoms with Crippen molar-refractivity contribution in [2.24, 2.45) is 4.99 Å². The third-order valence-electron chi connectivity index (χ3n) is 3.32. The van der Waals surface area contributed by atoms with Crippen LogP contribution in [0.25, 0.3) is 6.08 Å². The standard InChI is InChI=1S/C17H12Cl2N2O2S/c1-21-16(23)15(9-10-2-7-14(22)13(19)8-10)24-17(21)20-12-5-3-11(18)4-6-12/h2-9,22H,1H3/b15-9+,20-17?. The third kappa shape index (κ3) is 3.59. The second kappa shape index (κ2) is 6.89. The first-order valence-electron chi connectivity index (χ1n) is 6.94. The van der Waals surface area contributed by atoms with E-state index >= 15 is 0 Å². The SMILES string of the molecule is CN1C(=O)/C(=C\c2ccc(O)c(Cl)c2)SC1=Nc1ccc(Cl)cc1. The molecule has 0 atom stereocenters. The molecular formula is C17H12Cl2N2O2S. The molecule has 0 aliphatic carbocycles. The Labute approximate surface area is 153 Å². The van der Waals surface area contributed by atoms with Crippen molar-refractivity contribution < 1.29 is 9.90 Å². The summed E-state index contributed by atoms with van der Waals surface area (Å²) in [7, 11) is 1.68. The van der Waals surface area contributed by atoms with Gasteiger partial charge in [-0.25, -0.2) is 4.99 Å². The second-order valence-electron chi connectivity index (χ2n) is 5.06. The van der Waals surface area contributed by atoms with Crippen LogP contribution in [0.2, 0.25) is 10.0 Å². The first-order valence-corrected chi connectivity index (χ1v) is 8.51. The summed E-state index contributed by atoms with van der Waals surface area (Å²) in [6, 6.07) is 11.9. The number of aromatic hydroxyl groups is 1. The fourth-order valence-corrected chi connectivity index (χ4v) is 3.34. The van der Waals surface area contributed by atoms with Crippen LogP contribution < -0.4 is 0 Å². The molecule has 7 heteroatoms. The number of phenols is 1. The van der Waals surface area contributed by atoms with Crippen molar-refractivity contribution in [1.29, 1.82) is 0 Å². The molecule has 0 radical (unpaired) electrons. The maximum Gasteiger partial charge on any atom is 0.266 e. The lowest BCUT2D eigenvalue weighted by atomic mass is 10.2. The van der Waals surface area contributed by atoms with Crippen molar-refractivity contribution in [3.63, 3.8) is 0 Å². The van der Waals surface area contributed by atoms with Crippen LogP contribution in [0, 0.1) is 0 Å². The zero-order chi connectivity index (χ0) is 17.3. The van der Waals surface area contributed by atoms with Gasteiger partial charge < -0.3 is 5.11 Å². The number of amides is 1. The van der Waals surface area contributed by atoms with E-state index in [2.05, 4.69) is 4.99 Å². The van der Waals surface area contributed by atoms with Gasteiger partial charge in [0.05, 0.1) is 15.6 Å². The summed E-state index contributed by atoms with van der Waals surface area (Å²) in [4.78, 5) is 18.9. The van der Waals surface area contributed by atoms with Gasteiger partial charge in [-0.15, -0.1) is 0 Å². The van der Waals surface area contributed by atoms with Gasteiger partial charge in [0.25, 0.3) is 5.91 Å². The number of phenolic OH excluding ortho intramolecular Hbond substituents is 1. The summed E-state index contributed by atoms with van der Waals surface area (Å²) in [6.45, 7) is 0. The average molecular weight is 379 g/mol. The number of hydrogen-bond donors (Lipinski definition) is 1. The number of benzene rings is 2. The van der Waals surface area contributed by atoms with Crippen LogP contribution in [0.15, 0.2) is 52.4 Å². The van der Waals surface area contributed by atoms with Crippen LogP contribution in [0.3, 0.4) is 0 Å². The highest BCUT2D eigenvalue weighted by molar-refractivity contribution is 8.18. The predicted octanol–water partition coefficient (Wildman–Crippen LogP) is 4.93. The number of aliphatic imine (C=N–C) groups is 1. The first-order chi connectivity index (χ1) is 11.4. The molecule has 3 rings (SSSR count). The molecule has 2 aromatic rings. The minimum absolute atomic E-state index is 0.00586. The largest absolute Gasteiger partial charge is 0.506 e. The number of rotatable bonds is 2. The fourth-order valence-electron chi connectivity index (χ4n) is 2.04. The summed E-state index contributed by atoms with van der Waals surface area (Å²) in [5, 5.41) is 10.9. The molecule has 0 aromatic heterocycles. The molecule has 0 unspecified atom stereocenters. The van der Waals surface area contributed by atoms with Crippen molar-refractivity contribution in [2.45, 2.75) is 0 Å². The number of carbonyl (C=O) groups excluding carboxylic acids is 1. The van der Waals surface area contributed by atoms with Crippen LogP contribution in [0.4, 0.5) is 5.69 Å². The summed E-state index contributed by atoms with van der Waals surface area (Å²) < 4.78 is 0. The lowest BCUT2D eigenvalue weighted by Gasteiger charge is -2.07. The van der Waals surface area contributed by atoms with Crippen LogP contribution in [-0.4, -0.2) is 28.1 Å². The monoisotopic (exact) mass is 378 g/mol. The van der Waals surface area contributed by atoms with Gasteiger partial charge in [0.15, 0.2) is 5.17 Å². The second-order valence-corrected chi connectivity index (χ2v) is 6.91. The molecule has 2 aromatic carbocycles. The number of hydrogen-bond acceptors (Lipinski definition) is 4. The van der Waals surface area contributed by atoms with Gasteiger partial charge in [0, 0.05) is 12.1 Å². The third-order valence-corrected chi connectivity index (χ3v) is 4.94. The molecule has 0 spiro atoms. The van der Waals surface area contributed by atoms with Gasteiger partial charge in [0.2, 0.25) is 0 Å². The van der Waals surface area contributed by atoms with Gasteiger partial charge in [-0.3, -0.25) is 9.69 Å². The molecule has 1 heterocycles. The summed E-state index contributed by atoms with van der Waals surface area (Å²) in [5.74, 6) is -0.136. The molecule has 1 fully saturated rings. The number of carbonyl (C=O) groups is 1. The number of nitrogens with zero attached hydrogens (tertiary/aromatic N) is 2. The maximum absolute atomic E-state index is 12.4. The lowest BCUT2D eigenvalue weighted by molar-refractivity contribution is -0.121. The zero-order valence-electron chi connectivity index (χ0n) is 12.5. The number of halogens is 2. The average Bonchev–Trinajstić information content (AvgIpc) is 2.81. The van der Waals surface area contributed by atoms with E-state index in [9.17, 15) is 9.90 Å². The Morgan fingerprint density at radius 2 is 1.88 bits per heavy atom. The van der Waals surface area contributed by atoms with E-state index in [-0.39, 0.29) is 16.7 Å². The van der Waals surface area contributed by atoms with E-state index in [1.165, 1.54) is 22.7 Å². The topological polar surface area (TPSA) is 52.9 Å². The Morgan fingerprint density at radius 1 is 1.17 bits per heavy atom. The van der Waals surface area contributed by atoms with Crippen LogP contribution in [0.5, 0.6) is 5.75 Å². The lowest BCUT2D eigenvalue weighted by Crippen LogP contribution is -2.23. The first kappa shape index (κ1) is 16.9. The number of amidine groups is 1. The minimum atomic E-state index is -0.142. The smallest absolute Gasteiger partial charge is 0.266 e. The Morgan fingerprint density at radius 3 is 2.54 bits per heavy atom. The van der Waals surface area contributed by atoms with Crippen molar-refractivity contribution in [3.8, 4) is 5.75 Å². The molecule has 1 aliphatic heterocycles. The normalized spacial score (nSPS) is 18.0. The highest BCUT2D eigenvalue weighted by Gasteiger charge is 2.30. The molecule has 122 valence electrons. The van der Waals surface area contributed by atoms with Gasteiger partial charge in [-0.2, -0.15) is 0 Å². The summed E-state index contributed by atoms with van der Waals surface area (Å²) >= 11 is 13.0. The number of thioether (sulfide) groups is 1. The molecule has 1 aliphatic rings. The molecular weight excluding hydrogens is 367 g/mol. The molecule has 1 amide bonds. The Kier molecular flexibility index (Phi) is 4.85. The molecule has 0 saturated carbocycles. The van der Waals surface area contributed by atoms with E-state index in [0.717, 1.165) is 11.3 Å². The van der Waals surface area contributed by atoms with Gasteiger partial charge in [0.1, 0.15) is 5.75 Å². The maximum atomic E-state index is 12.4. The van der Waals surface area contributed by atoms with E-state index in [1.54, 1.807) is 49.5 Å². The highest BCUT2D eigenvalue weighted by Crippen LogP contribution is 2.34. The molecule has 0 bridgehead atoms. The summed E-state index contributed by atoms with van der Waals surface area (Å²) in [6.07, 6.45) is 1.72. The van der Waals surface area contributed by atoms with Gasteiger partial charge in [-0.05, 0) is 59.8 Å². The van der Waals surface area contributed by atoms with Crippen molar-refractivity contribution in [1.82, 2.24) is 4.90 Å². The summed E-state index contributed by atoms with van der Waals surface area (Å²) in [5.41, 5.74) is 1.45. The fraction of sp³-hybridized carbons (Fsp3) is 0.0588. The number of likely N-dealkylation sites (N-methyl/N-ethyl adjacent to an activating group) is 1. The minimum Gasteiger partial charge on any atom is -0.506 e. The van der Waals surface area contributed by atoms with Crippen LogP contribution in [0.1, 0.15) is 5.56 Å². The Hall–Kier alpha value is -1.95. The van der Waals surface area contributed by atoms with Crippen molar-refractivity contribution in [2.75, 3.05) is 7.05 Å². The molecule has 1 N–H and O–H groups in total.